The fraction of sp³-hybridized carbons (Fsp3) is 0.143. The van der Waals surface area contributed by atoms with Crippen molar-refractivity contribution < 1.29 is 9.52 Å². The summed E-state index contributed by atoms with van der Waals surface area (Å²) in [7, 11) is 0. The predicted octanol–water partition coefficient (Wildman–Crippen LogP) is 3.88. The van der Waals surface area contributed by atoms with Gasteiger partial charge in [-0.05, 0) is 53.9 Å². The Morgan fingerprint density at radius 1 is 0.923 bits per heavy atom. The van der Waals surface area contributed by atoms with Gasteiger partial charge in [-0.15, -0.1) is 0 Å². The second-order valence-electron chi connectivity index (χ2n) is 6.14. The molecule has 0 atom stereocenters. The minimum atomic E-state index is -0.0272. The van der Waals surface area contributed by atoms with Gasteiger partial charge in [0.2, 0.25) is 5.91 Å². The van der Waals surface area contributed by atoms with E-state index in [0.717, 1.165) is 28.9 Å². The Balaban J connectivity index is 1.68. The molecule has 1 aliphatic heterocycles. The highest BCUT2D eigenvalue weighted by Gasteiger charge is 2.26. The van der Waals surface area contributed by atoms with Crippen molar-refractivity contribution in [3.63, 3.8) is 0 Å². The van der Waals surface area contributed by atoms with Gasteiger partial charge in [-0.2, -0.15) is 4.73 Å². The fourth-order valence-electron chi connectivity index (χ4n) is 3.27. The van der Waals surface area contributed by atoms with Gasteiger partial charge >= 0.3 is 0 Å². The third-order valence-corrected chi connectivity index (χ3v) is 5.51. The minimum absolute atomic E-state index is 0.0272. The van der Waals surface area contributed by atoms with Gasteiger partial charge < -0.3 is 5.21 Å². The van der Waals surface area contributed by atoms with E-state index in [4.69, 9.17) is 0 Å². The number of carbonyl (C=O) groups excluding carboxylic acids is 1. The van der Waals surface area contributed by atoms with E-state index in [-0.39, 0.29) is 11.7 Å². The van der Waals surface area contributed by atoms with Gasteiger partial charge in [0.25, 0.3) is 5.03 Å². The standard InChI is InChI=1S/C21H18N2O2S/c24-20(15-26-21-11-5-6-14-22(21)25)23-18-9-3-1-7-16(18)12-13-17-8-2-4-10-19(17)23/h1-11,14H,12-13,15H2. The van der Waals surface area contributed by atoms with Crippen LogP contribution in [0.3, 0.4) is 0 Å². The molecule has 0 unspecified atom stereocenters. The number of aromatic nitrogens is 1. The zero-order valence-electron chi connectivity index (χ0n) is 14.2. The number of aryl methyl sites for hydroxylation is 2. The lowest BCUT2D eigenvalue weighted by molar-refractivity contribution is -0.645. The second-order valence-corrected chi connectivity index (χ2v) is 7.14. The average molecular weight is 362 g/mol. The van der Waals surface area contributed by atoms with E-state index in [1.807, 2.05) is 41.3 Å². The van der Waals surface area contributed by atoms with E-state index < -0.39 is 0 Å². The molecule has 0 N–H and O–H groups in total. The summed E-state index contributed by atoms with van der Waals surface area (Å²) >= 11 is 1.26. The summed E-state index contributed by atoms with van der Waals surface area (Å²) in [5, 5.41) is 12.4. The zero-order valence-corrected chi connectivity index (χ0v) is 15.0. The van der Waals surface area contributed by atoms with Crippen molar-refractivity contribution in [1.29, 1.82) is 0 Å². The highest BCUT2D eigenvalue weighted by molar-refractivity contribution is 7.99. The van der Waals surface area contributed by atoms with Crippen LogP contribution in [0.5, 0.6) is 0 Å². The Morgan fingerprint density at radius 2 is 1.50 bits per heavy atom. The van der Waals surface area contributed by atoms with Crippen molar-refractivity contribution in [2.24, 2.45) is 0 Å². The van der Waals surface area contributed by atoms with E-state index in [1.165, 1.54) is 29.1 Å². The Kier molecular flexibility index (Phi) is 4.63. The van der Waals surface area contributed by atoms with Crippen LogP contribution in [0.2, 0.25) is 0 Å². The second kappa shape index (κ2) is 7.22. The summed E-state index contributed by atoms with van der Waals surface area (Å²) in [5.41, 5.74) is 4.21. The number of benzene rings is 2. The number of pyridine rings is 1. The summed E-state index contributed by atoms with van der Waals surface area (Å²) in [6.45, 7) is 0. The summed E-state index contributed by atoms with van der Waals surface area (Å²) in [6, 6.07) is 21.3. The number of hydrogen-bond donors (Lipinski definition) is 0. The number of para-hydroxylation sites is 2. The first-order valence-corrected chi connectivity index (χ1v) is 9.52. The smallest absolute Gasteiger partial charge is 0.251 e. The molecule has 3 aromatic rings. The molecule has 1 amide bonds. The molecule has 0 saturated carbocycles. The normalized spacial score (nSPS) is 12.8. The summed E-state index contributed by atoms with van der Waals surface area (Å²) in [6.07, 6.45) is 3.26. The van der Waals surface area contributed by atoms with Crippen LogP contribution in [0.4, 0.5) is 11.4 Å². The van der Waals surface area contributed by atoms with Crippen LogP contribution in [0, 0.1) is 5.21 Å². The molecule has 0 spiro atoms. The lowest BCUT2D eigenvalue weighted by atomic mass is 10.0. The van der Waals surface area contributed by atoms with Crippen LogP contribution in [-0.2, 0) is 17.6 Å². The first-order chi connectivity index (χ1) is 12.7. The molecule has 130 valence electrons. The summed E-state index contributed by atoms with van der Waals surface area (Å²) < 4.78 is 0.794. The third-order valence-electron chi connectivity index (χ3n) is 4.51. The van der Waals surface area contributed by atoms with Gasteiger partial charge in [0, 0.05) is 12.1 Å². The van der Waals surface area contributed by atoms with Crippen LogP contribution in [-0.4, -0.2) is 11.7 Å². The van der Waals surface area contributed by atoms with Crippen molar-refractivity contribution in [3.05, 3.63) is 89.3 Å². The van der Waals surface area contributed by atoms with E-state index >= 15 is 0 Å². The highest BCUT2D eigenvalue weighted by atomic mass is 32.2. The van der Waals surface area contributed by atoms with Crippen molar-refractivity contribution in [2.75, 3.05) is 10.7 Å². The van der Waals surface area contributed by atoms with Crippen molar-refractivity contribution in [2.45, 2.75) is 17.9 Å². The molecule has 2 heterocycles. The zero-order chi connectivity index (χ0) is 17.9. The Bertz CT molecular complexity index is 911. The average Bonchev–Trinajstić information content (AvgIpc) is 2.84. The molecule has 5 heteroatoms. The van der Waals surface area contributed by atoms with Crippen LogP contribution in [0.1, 0.15) is 11.1 Å². The van der Waals surface area contributed by atoms with Gasteiger partial charge in [-0.1, -0.05) is 36.4 Å². The van der Waals surface area contributed by atoms with Crippen molar-refractivity contribution >= 4 is 29.0 Å². The van der Waals surface area contributed by atoms with E-state index in [9.17, 15) is 10.0 Å². The summed E-state index contributed by atoms with van der Waals surface area (Å²) in [4.78, 5) is 15.0. The van der Waals surface area contributed by atoms with Crippen molar-refractivity contribution in [3.8, 4) is 0 Å². The molecule has 0 bridgehead atoms. The topological polar surface area (TPSA) is 47.2 Å². The maximum absolute atomic E-state index is 13.2. The minimum Gasteiger partial charge on any atom is -0.618 e. The molecule has 2 aromatic carbocycles. The molecule has 0 fully saturated rings. The number of hydrogen-bond acceptors (Lipinski definition) is 3. The first-order valence-electron chi connectivity index (χ1n) is 8.54. The van der Waals surface area contributed by atoms with E-state index in [0.29, 0.717) is 5.03 Å². The number of carbonyl (C=O) groups is 1. The predicted molar refractivity (Wildman–Crippen MR) is 104 cm³/mol. The third kappa shape index (κ3) is 3.18. The molecule has 1 aromatic heterocycles. The monoisotopic (exact) mass is 362 g/mol. The molecule has 26 heavy (non-hydrogen) atoms. The maximum atomic E-state index is 13.2. The highest BCUT2D eigenvalue weighted by Crippen LogP contribution is 2.36. The quantitative estimate of drug-likeness (QED) is 0.404. The van der Waals surface area contributed by atoms with Gasteiger partial charge in [0.1, 0.15) is 0 Å². The summed E-state index contributed by atoms with van der Waals surface area (Å²) in [5.74, 6) is 0.176. The van der Waals surface area contributed by atoms with Crippen LogP contribution < -0.4 is 9.63 Å². The number of anilines is 2. The number of nitrogens with zero attached hydrogens (tertiary/aromatic N) is 2. The lowest BCUT2D eigenvalue weighted by Crippen LogP contribution is -2.31. The van der Waals surface area contributed by atoms with Gasteiger partial charge in [-0.25, -0.2) is 0 Å². The molecule has 4 nitrogen and oxygen atoms in total. The molecule has 0 aliphatic carbocycles. The van der Waals surface area contributed by atoms with E-state index in [1.54, 1.807) is 18.2 Å². The largest absolute Gasteiger partial charge is 0.618 e. The van der Waals surface area contributed by atoms with Gasteiger partial charge in [0.15, 0.2) is 6.20 Å². The van der Waals surface area contributed by atoms with Gasteiger partial charge in [-0.3, -0.25) is 9.69 Å². The van der Waals surface area contributed by atoms with Crippen molar-refractivity contribution in [1.82, 2.24) is 0 Å². The van der Waals surface area contributed by atoms with Crippen LogP contribution in [0.25, 0.3) is 0 Å². The molecular weight excluding hydrogens is 344 g/mol. The number of rotatable bonds is 3. The molecular formula is C21H18N2O2S. The van der Waals surface area contributed by atoms with Crippen LogP contribution in [0.15, 0.2) is 78.0 Å². The van der Waals surface area contributed by atoms with Crippen LogP contribution >= 0.6 is 11.8 Å². The maximum Gasteiger partial charge on any atom is 0.251 e. The Morgan fingerprint density at radius 3 is 2.12 bits per heavy atom. The molecule has 1 aliphatic rings. The lowest BCUT2D eigenvalue weighted by Gasteiger charge is -2.24. The van der Waals surface area contributed by atoms with Gasteiger partial charge in [0.05, 0.1) is 17.1 Å². The SMILES string of the molecule is O=C(CSc1cccc[n+]1[O-])N1c2ccccc2CCc2ccccc21. The first kappa shape index (κ1) is 16.7. The molecule has 0 radical (unpaired) electrons. The van der Waals surface area contributed by atoms with E-state index in [2.05, 4.69) is 12.1 Å². The number of amides is 1. The Hall–Kier alpha value is -2.79. The Labute approximate surface area is 156 Å². The fourth-order valence-corrected chi connectivity index (χ4v) is 4.04. The number of thioether (sulfide) groups is 1. The number of fused-ring (bicyclic) bond motifs is 2. The molecule has 4 rings (SSSR count). The molecule has 0 saturated heterocycles.